The van der Waals surface area contributed by atoms with Crippen LogP contribution in [-0.2, 0) is 18.4 Å². The number of hydrogen-bond donors (Lipinski definition) is 0. The Morgan fingerprint density at radius 2 is 1.88 bits per heavy atom. The lowest BCUT2D eigenvalue weighted by Gasteiger charge is -2.23. The number of rotatable bonds is 7. The number of nitriles is 1. The van der Waals surface area contributed by atoms with Crippen molar-refractivity contribution in [2.45, 2.75) is 20.8 Å². The molecule has 0 unspecified atom stereocenters. The largest absolute Gasteiger partial charge is 0.349 e. The Morgan fingerprint density at radius 3 is 2.19 bits per heavy atom. The van der Waals surface area contributed by atoms with E-state index in [4.69, 9.17) is 14.3 Å². The smallest absolute Gasteiger partial charge is 0.318 e. The molecule has 0 rings (SSSR count). The molecule has 0 aromatic heterocycles. The highest BCUT2D eigenvalue weighted by Gasteiger charge is 2.28. The minimum absolute atomic E-state index is 0.126. The van der Waals surface area contributed by atoms with Gasteiger partial charge in [0.15, 0.2) is 0 Å². The van der Waals surface area contributed by atoms with Crippen molar-refractivity contribution in [1.29, 1.82) is 5.26 Å². The standard InChI is InChI=1S/C9H17N2O4P/c1-4-14-16(13,15-5-2)8-11(7-6-10)9(3)12/h4-5,7-8H2,1-3H3. The van der Waals surface area contributed by atoms with Crippen molar-refractivity contribution in [3.05, 3.63) is 0 Å². The molecule has 7 heteroatoms. The molecule has 0 bridgehead atoms. The summed E-state index contributed by atoms with van der Waals surface area (Å²) in [6.07, 6.45) is -0.183. The summed E-state index contributed by atoms with van der Waals surface area (Å²) in [7, 11) is -3.31. The van der Waals surface area contributed by atoms with Crippen LogP contribution in [0, 0.1) is 11.3 Å². The van der Waals surface area contributed by atoms with Crippen LogP contribution < -0.4 is 0 Å². The molecule has 0 aliphatic carbocycles. The van der Waals surface area contributed by atoms with E-state index in [1.165, 1.54) is 6.92 Å². The fourth-order valence-corrected chi connectivity index (χ4v) is 2.81. The average molecular weight is 248 g/mol. The molecule has 0 aromatic rings. The highest BCUT2D eigenvalue weighted by molar-refractivity contribution is 7.53. The van der Waals surface area contributed by atoms with Gasteiger partial charge in [0.1, 0.15) is 12.8 Å². The van der Waals surface area contributed by atoms with E-state index in [1.807, 2.05) is 6.07 Å². The first-order chi connectivity index (χ1) is 7.49. The lowest BCUT2D eigenvalue weighted by molar-refractivity contribution is -0.127. The normalized spacial score (nSPS) is 10.9. The predicted molar refractivity (Wildman–Crippen MR) is 58.7 cm³/mol. The first-order valence-electron chi connectivity index (χ1n) is 4.99. The molecule has 92 valence electrons. The first-order valence-corrected chi connectivity index (χ1v) is 6.72. The number of nitrogens with zero attached hydrogens (tertiary/aromatic N) is 2. The van der Waals surface area contributed by atoms with Crippen LogP contribution >= 0.6 is 7.60 Å². The van der Waals surface area contributed by atoms with Crippen LogP contribution in [0.1, 0.15) is 20.8 Å². The van der Waals surface area contributed by atoms with Crippen LogP contribution in [0.15, 0.2) is 0 Å². The lowest BCUT2D eigenvalue weighted by Crippen LogP contribution is -2.30. The van der Waals surface area contributed by atoms with E-state index >= 15 is 0 Å². The molecule has 0 atom stereocenters. The molecule has 0 saturated heterocycles. The van der Waals surface area contributed by atoms with E-state index in [0.717, 1.165) is 4.90 Å². The maximum Gasteiger partial charge on any atom is 0.349 e. The van der Waals surface area contributed by atoms with Crippen molar-refractivity contribution in [1.82, 2.24) is 4.90 Å². The van der Waals surface area contributed by atoms with Gasteiger partial charge in [-0.2, -0.15) is 5.26 Å². The van der Waals surface area contributed by atoms with Crippen LogP contribution in [0.5, 0.6) is 0 Å². The second-order valence-corrected chi connectivity index (χ2v) is 4.98. The Morgan fingerprint density at radius 1 is 1.38 bits per heavy atom. The number of carbonyl (C=O) groups excluding carboxylic acids is 1. The van der Waals surface area contributed by atoms with Gasteiger partial charge in [-0.15, -0.1) is 0 Å². The first kappa shape index (κ1) is 15.1. The maximum absolute atomic E-state index is 12.1. The summed E-state index contributed by atoms with van der Waals surface area (Å²) in [6.45, 7) is 5.02. The van der Waals surface area contributed by atoms with Gasteiger partial charge in [-0.3, -0.25) is 9.36 Å². The minimum Gasteiger partial charge on any atom is -0.318 e. The molecule has 0 saturated carbocycles. The van der Waals surface area contributed by atoms with Gasteiger partial charge in [-0.05, 0) is 13.8 Å². The van der Waals surface area contributed by atoms with Gasteiger partial charge in [-0.1, -0.05) is 0 Å². The SMILES string of the molecule is CCOP(=O)(CN(CC#N)C(C)=O)OCC. The van der Waals surface area contributed by atoms with Crippen LogP contribution in [0.25, 0.3) is 0 Å². The van der Waals surface area contributed by atoms with Gasteiger partial charge in [0.2, 0.25) is 5.91 Å². The molecule has 0 heterocycles. The van der Waals surface area contributed by atoms with Crippen molar-refractivity contribution in [2.24, 2.45) is 0 Å². The molecule has 16 heavy (non-hydrogen) atoms. The van der Waals surface area contributed by atoms with Crippen molar-refractivity contribution in [3.63, 3.8) is 0 Å². The van der Waals surface area contributed by atoms with Crippen LogP contribution in [0.2, 0.25) is 0 Å². The molecule has 0 fully saturated rings. The summed E-state index contributed by atoms with van der Waals surface area (Å²) in [6, 6.07) is 1.83. The summed E-state index contributed by atoms with van der Waals surface area (Å²) < 4.78 is 22.1. The van der Waals surface area contributed by atoms with E-state index in [9.17, 15) is 9.36 Å². The van der Waals surface area contributed by atoms with Crippen molar-refractivity contribution < 1.29 is 18.4 Å². The molecule has 0 aliphatic rings. The number of amides is 1. The summed E-state index contributed by atoms with van der Waals surface area (Å²) in [5, 5.41) is 8.53. The van der Waals surface area contributed by atoms with E-state index in [-0.39, 0.29) is 32.0 Å². The van der Waals surface area contributed by atoms with Crippen LogP contribution in [0.4, 0.5) is 0 Å². The fourth-order valence-electron chi connectivity index (χ4n) is 1.07. The molecule has 0 spiro atoms. The highest BCUT2D eigenvalue weighted by atomic mass is 31.2. The second kappa shape index (κ2) is 7.39. The minimum atomic E-state index is -3.31. The Balaban J connectivity index is 4.64. The van der Waals surface area contributed by atoms with Gasteiger partial charge in [0.25, 0.3) is 0 Å². The molecule has 0 aromatic carbocycles. The molecule has 1 amide bonds. The van der Waals surface area contributed by atoms with E-state index in [1.54, 1.807) is 13.8 Å². The molecule has 0 aliphatic heterocycles. The van der Waals surface area contributed by atoms with E-state index in [0.29, 0.717) is 0 Å². The zero-order chi connectivity index (χ0) is 12.6. The summed E-state index contributed by atoms with van der Waals surface area (Å²) >= 11 is 0. The van der Waals surface area contributed by atoms with Crippen LogP contribution in [0.3, 0.4) is 0 Å². The zero-order valence-corrected chi connectivity index (χ0v) is 10.7. The molecule has 0 radical (unpaired) electrons. The maximum atomic E-state index is 12.1. The number of carbonyl (C=O) groups is 1. The molecule has 0 N–H and O–H groups in total. The Labute approximate surface area is 95.7 Å². The highest BCUT2D eigenvalue weighted by Crippen LogP contribution is 2.48. The Kier molecular flexibility index (Phi) is 6.98. The predicted octanol–water partition coefficient (Wildman–Crippen LogP) is 1.58. The van der Waals surface area contributed by atoms with Gasteiger partial charge in [0, 0.05) is 6.92 Å². The summed E-state index contributed by atoms with van der Waals surface area (Å²) in [4.78, 5) is 12.3. The third kappa shape index (κ3) is 5.26. The molecule has 6 nitrogen and oxygen atoms in total. The quantitative estimate of drug-likeness (QED) is 0.504. The van der Waals surface area contributed by atoms with Crippen molar-refractivity contribution in [2.75, 3.05) is 26.0 Å². The average Bonchev–Trinajstić information content (AvgIpc) is 2.17. The van der Waals surface area contributed by atoms with Gasteiger partial charge >= 0.3 is 7.60 Å². The van der Waals surface area contributed by atoms with Crippen LogP contribution in [-0.4, -0.2) is 36.9 Å². The third-order valence-corrected chi connectivity index (χ3v) is 3.69. The Bertz CT molecular complexity index is 303. The summed E-state index contributed by atoms with van der Waals surface area (Å²) in [5.41, 5.74) is 0. The van der Waals surface area contributed by atoms with Gasteiger partial charge < -0.3 is 13.9 Å². The third-order valence-electron chi connectivity index (χ3n) is 1.70. The zero-order valence-electron chi connectivity index (χ0n) is 9.80. The number of hydrogen-bond acceptors (Lipinski definition) is 5. The summed E-state index contributed by atoms with van der Waals surface area (Å²) in [5.74, 6) is -0.332. The fraction of sp³-hybridized carbons (Fsp3) is 0.778. The van der Waals surface area contributed by atoms with Gasteiger partial charge in [-0.25, -0.2) is 0 Å². The van der Waals surface area contributed by atoms with E-state index in [2.05, 4.69) is 0 Å². The monoisotopic (exact) mass is 248 g/mol. The Hall–Kier alpha value is -0.890. The van der Waals surface area contributed by atoms with E-state index < -0.39 is 7.60 Å². The topological polar surface area (TPSA) is 79.6 Å². The molecular formula is C9H17N2O4P. The molecular weight excluding hydrogens is 231 g/mol. The van der Waals surface area contributed by atoms with Crippen molar-refractivity contribution >= 4 is 13.5 Å². The lowest BCUT2D eigenvalue weighted by atomic mass is 10.5. The second-order valence-electron chi connectivity index (χ2n) is 2.96. The van der Waals surface area contributed by atoms with Crippen molar-refractivity contribution in [3.8, 4) is 6.07 Å². The van der Waals surface area contributed by atoms with Gasteiger partial charge in [0.05, 0.1) is 19.3 Å².